The van der Waals surface area contributed by atoms with E-state index in [1.165, 1.54) is 98.4 Å². The van der Waals surface area contributed by atoms with Crippen LogP contribution in [0.3, 0.4) is 0 Å². The van der Waals surface area contributed by atoms with Gasteiger partial charge in [-0.15, -0.1) is 0 Å². The van der Waals surface area contributed by atoms with Gasteiger partial charge in [-0.2, -0.15) is 0 Å². The molecule has 0 aliphatic heterocycles. The fourth-order valence-corrected chi connectivity index (χ4v) is 8.31. The monoisotopic (exact) mass is 632 g/mol. The smallest absolute Gasteiger partial charge is 0.00139 e. The molecule has 0 saturated heterocycles. The molecule has 0 atom stereocenters. The first-order chi connectivity index (χ1) is 24.8. The molecule has 0 radical (unpaired) electrons. The van der Waals surface area contributed by atoms with Gasteiger partial charge in [-0.3, -0.25) is 0 Å². The number of hydrogen-bond donors (Lipinski definition) is 0. The molecule has 0 heteroatoms. The minimum absolute atomic E-state index is 1.23. The lowest BCUT2D eigenvalue weighted by Gasteiger charge is -2.22. The summed E-state index contributed by atoms with van der Waals surface area (Å²) < 4.78 is 0. The van der Waals surface area contributed by atoms with Crippen molar-refractivity contribution in [2.24, 2.45) is 0 Å². The zero-order valence-electron chi connectivity index (χ0n) is 27.5. The van der Waals surface area contributed by atoms with Crippen LogP contribution in [-0.4, -0.2) is 0 Å². The predicted octanol–water partition coefficient (Wildman–Crippen LogP) is 14.1. The first kappa shape index (κ1) is 28.5. The van der Waals surface area contributed by atoms with Gasteiger partial charge in [-0.1, -0.05) is 194 Å². The molecule has 10 aromatic carbocycles. The van der Waals surface area contributed by atoms with Gasteiger partial charge in [-0.05, 0) is 98.4 Å². The van der Waals surface area contributed by atoms with Crippen LogP contribution in [0.1, 0.15) is 0 Å². The van der Waals surface area contributed by atoms with E-state index in [1.54, 1.807) is 0 Å². The maximum Gasteiger partial charge on any atom is -0.00139 e. The highest BCUT2D eigenvalue weighted by Gasteiger charge is 2.22. The van der Waals surface area contributed by atoms with Gasteiger partial charge in [0.1, 0.15) is 0 Å². The van der Waals surface area contributed by atoms with Gasteiger partial charge in [0.25, 0.3) is 0 Å². The molecule has 0 unspecified atom stereocenters. The van der Waals surface area contributed by atoms with Crippen LogP contribution in [0.25, 0.3) is 98.4 Å². The van der Waals surface area contributed by atoms with Crippen molar-refractivity contribution in [2.45, 2.75) is 0 Å². The van der Waals surface area contributed by atoms with E-state index >= 15 is 0 Å². The molecule has 0 nitrogen and oxygen atoms in total. The Morgan fingerprint density at radius 2 is 0.520 bits per heavy atom. The fraction of sp³-hybridized carbons (Fsp3) is 0. The van der Waals surface area contributed by atoms with Crippen LogP contribution >= 0.6 is 0 Å². The molecule has 0 aromatic heterocycles. The highest BCUT2D eigenvalue weighted by atomic mass is 14.2. The number of rotatable bonds is 4. The third-order valence-electron chi connectivity index (χ3n) is 10.5. The van der Waals surface area contributed by atoms with E-state index in [0.717, 1.165) is 0 Å². The summed E-state index contributed by atoms with van der Waals surface area (Å²) >= 11 is 0. The van der Waals surface area contributed by atoms with Gasteiger partial charge in [0, 0.05) is 0 Å². The second-order valence-corrected chi connectivity index (χ2v) is 13.1. The Labute approximate surface area is 291 Å². The van der Waals surface area contributed by atoms with Crippen molar-refractivity contribution >= 4 is 53.9 Å². The third-order valence-corrected chi connectivity index (χ3v) is 10.5. The average Bonchev–Trinajstić information content (AvgIpc) is 3.20. The first-order valence-corrected chi connectivity index (χ1v) is 17.4. The lowest BCUT2D eigenvalue weighted by molar-refractivity contribution is 1.59. The largest absolute Gasteiger partial charge is 0.0616 e. The first-order valence-electron chi connectivity index (χ1n) is 17.4. The van der Waals surface area contributed by atoms with Crippen molar-refractivity contribution in [3.63, 3.8) is 0 Å². The molecule has 10 rings (SSSR count). The molecule has 0 fully saturated rings. The molecule has 0 amide bonds. The van der Waals surface area contributed by atoms with Gasteiger partial charge in [0.15, 0.2) is 0 Å². The standard InChI is InChI=1S/C50H32/c1-3-19-35-33(15-1)17-13-29-37(35)39-21-5-7-25-43(39)47-31-32-48-44-26-8-6-22-40(44)42-24-10-12-28-46(42)50(48)49(47)45-27-11-9-23-41(45)38-30-14-18-34-16-2-4-20-36(34)38/h1-32H. The second kappa shape index (κ2) is 11.6. The van der Waals surface area contributed by atoms with Gasteiger partial charge in [0.2, 0.25) is 0 Å². The van der Waals surface area contributed by atoms with Gasteiger partial charge in [-0.25, -0.2) is 0 Å². The van der Waals surface area contributed by atoms with Crippen molar-refractivity contribution in [3.8, 4) is 44.5 Å². The van der Waals surface area contributed by atoms with Crippen LogP contribution in [-0.2, 0) is 0 Å². The number of hydrogen-bond acceptors (Lipinski definition) is 0. The zero-order valence-corrected chi connectivity index (χ0v) is 27.5. The van der Waals surface area contributed by atoms with Crippen molar-refractivity contribution in [3.05, 3.63) is 194 Å². The summed E-state index contributed by atoms with van der Waals surface area (Å²) in [6.07, 6.45) is 0. The molecule has 50 heavy (non-hydrogen) atoms. The summed E-state index contributed by atoms with van der Waals surface area (Å²) in [6, 6.07) is 71.4. The van der Waals surface area contributed by atoms with Crippen LogP contribution in [0.5, 0.6) is 0 Å². The summed E-state index contributed by atoms with van der Waals surface area (Å²) in [5.41, 5.74) is 9.92. The Morgan fingerprint density at radius 3 is 1.08 bits per heavy atom. The Bertz CT molecular complexity index is 2880. The van der Waals surface area contributed by atoms with Crippen molar-refractivity contribution in [1.29, 1.82) is 0 Å². The highest BCUT2D eigenvalue weighted by Crippen LogP contribution is 2.49. The highest BCUT2D eigenvalue weighted by molar-refractivity contribution is 6.30. The molecule has 232 valence electrons. The minimum atomic E-state index is 1.23. The van der Waals surface area contributed by atoms with E-state index in [1.807, 2.05) is 0 Å². The van der Waals surface area contributed by atoms with E-state index in [9.17, 15) is 0 Å². The van der Waals surface area contributed by atoms with Crippen LogP contribution in [0.15, 0.2) is 194 Å². The van der Waals surface area contributed by atoms with Crippen LogP contribution in [0.2, 0.25) is 0 Å². The molecule has 0 N–H and O–H groups in total. The molecule has 0 aliphatic rings. The van der Waals surface area contributed by atoms with E-state index in [-0.39, 0.29) is 0 Å². The molecular weight excluding hydrogens is 601 g/mol. The Kier molecular flexibility index (Phi) is 6.60. The van der Waals surface area contributed by atoms with Gasteiger partial charge >= 0.3 is 0 Å². The third kappa shape index (κ3) is 4.39. The lowest BCUT2D eigenvalue weighted by Crippen LogP contribution is -1.95. The summed E-state index contributed by atoms with van der Waals surface area (Å²) in [4.78, 5) is 0. The molecule has 0 spiro atoms. The minimum Gasteiger partial charge on any atom is -0.0616 e. The molecule has 0 aliphatic carbocycles. The van der Waals surface area contributed by atoms with E-state index in [0.29, 0.717) is 0 Å². The van der Waals surface area contributed by atoms with E-state index in [2.05, 4.69) is 194 Å². The second-order valence-electron chi connectivity index (χ2n) is 13.1. The number of benzene rings is 10. The van der Waals surface area contributed by atoms with Crippen LogP contribution < -0.4 is 0 Å². The summed E-state index contributed by atoms with van der Waals surface area (Å²) in [5.74, 6) is 0. The summed E-state index contributed by atoms with van der Waals surface area (Å²) in [5, 5.41) is 12.7. The van der Waals surface area contributed by atoms with Crippen molar-refractivity contribution < 1.29 is 0 Å². The summed E-state index contributed by atoms with van der Waals surface area (Å²) in [6.45, 7) is 0. The summed E-state index contributed by atoms with van der Waals surface area (Å²) in [7, 11) is 0. The maximum atomic E-state index is 2.38. The van der Waals surface area contributed by atoms with Crippen molar-refractivity contribution in [2.75, 3.05) is 0 Å². The predicted molar refractivity (Wildman–Crippen MR) is 216 cm³/mol. The van der Waals surface area contributed by atoms with Gasteiger partial charge in [0.05, 0.1) is 0 Å². The molecule has 0 heterocycles. The lowest BCUT2D eigenvalue weighted by atomic mass is 9.81. The van der Waals surface area contributed by atoms with Crippen LogP contribution in [0.4, 0.5) is 0 Å². The topological polar surface area (TPSA) is 0 Å². The molecule has 0 bridgehead atoms. The zero-order chi connectivity index (χ0) is 33.0. The molecular formula is C50H32. The Balaban J connectivity index is 1.39. The molecule has 0 saturated carbocycles. The Hall–Kier alpha value is -6.50. The quantitative estimate of drug-likeness (QED) is 0.169. The van der Waals surface area contributed by atoms with E-state index < -0.39 is 0 Å². The van der Waals surface area contributed by atoms with E-state index in [4.69, 9.17) is 0 Å². The van der Waals surface area contributed by atoms with Gasteiger partial charge < -0.3 is 0 Å². The molecule has 10 aromatic rings. The maximum absolute atomic E-state index is 2.38. The average molecular weight is 633 g/mol. The van der Waals surface area contributed by atoms with Crippen LogP contribution in [0, 0.1) is 0 Å². The van der Waals surface area contributed by atoms with Crippen molar-refractivity contribution in [1.82, 2.24) is 0 Å². The fourth-order valence-electron chi connectivity index (χ4n) is 8.31. The normalized spacial score (nSPS) is 11.6. The SMILES string of the molecule is c1ccc(-c2cccc3ccccc23)c(-c2ccc3c4ccccc4c4ccccc4c3c2-c2ccccc2-c2cccc3ccccc23)c1. The Morgan fingerprint density at radius 1 is 0.180 bits per heavy atom. The number of fused-ring (bicyclic) bond motifs is 8.